The number of hydrogen-bond acceptors (Lipinski definition) is 5. The molecule has 1 atom stereocenters. The maximum absolute atomic E-state index is 12.0. The largest absolute Gasteiger partial charge is 0.496 e. The summed E-state index contributed by atoms with van der Waals surface area (Å²) in [6.45, 7) is 0. The molecule has 1 heterocycles. The van der Waals surface area contributed by atoms with Gasteiger partial charge < -0.3 is 19.6 Å². The number of benzene rings is 2. The highest BCUT2D eigenvalue weighted by Crippen LogP contribution is 2.38. The predicted molar refractivity (Wildman–Crippen MR) is 90.8 cm³/mol. The van der Waals surface area contributed by atoms with Gasteiger partial charge in [-0.3, -0.25) is 4.79 Å². The van der Waals surface area contributed by atoms with Crippen molar-refractivity contribution in [3.63, 3.8) is 0 Å². The SMILES string of the molecule is COC(=O)CC(N)(c1cc2ccccc2o1)c1ccccc1OC. The second kappa shape index (κ2) is 6.37. The Hall–Kier alpha value is -2.79. The van der Waals surface area contributed by atoms with E-state index in [2.05, 4.69) is 0 Å². The molecule has 0 aliphatic carbocycles. The highest BCUT2D eigenvalue weighted by molar-refractivity contribution is 5.79. The normalized spacial score (nSPS) is 13.5. The van der Waals surface area contributed by atoms with Crippen molar-refractivity contribution >= 4 is 16.9 Å². The first kappa shape index (κ1) is 16.1. The van der Waals surface area contributed by atoms with Crippen LogP contribution in [0.25, 0.3) is 11.0 Å². The number of furan rings is 1. The Kier molecular flexibility index (Phi) is 4.27. The number of carbonyl (C=O) groups excluding carboxylic acids is 1. The fourth-order valence-electron chi connectivity index (χ4n) is 2.83. The van der Waals surface area contributed by atoms with E-state index in [0.717, 1.165) is 5.39 Å². The minimum atomic E-state index is -1.20. The molecule has 1 aromatic heterocycles. The molecule has 2 N–H and O–H groups in total. The molecule has 3 rings (SSSR count). The summed E-state index contributed by atoms with van der Waals surface area (Å²) < 4.78 is 16.2. The van der Waals surface area contributed by atoms with Crippen LogP contribution in [0.1, 0.15) is 17.7 Å². The van der Waals surface area contributed by atoms with Crippen LogP contribution in [-0.2, 0) is 15.1 Å². The molecular formula is C19H19NO4. The van der Waals surface area contributed by atoms with Crippen molar-refractivity contribution < 1.29 is 18.7 Å². The van der Waals surface area contributed by atoms with Crippen molar-refractivity contribution in [3.05, 3.63) is 65.9 Å². The summed E-state index contributed by atoms with van der Waals surface area (Å²) in [5.74, 6) is 0.645. The van der Waals surface area contributed by atoms with Gasteiger partial charge in [-0.15, -0.1) is 0 Å². The number of para-hydroxylation sites is 2. The van der Waals surface area contributed by atoms with Gasteiger partial charge in [0.25, 0.3) is 0 Å². The maximum Gasteiger partial charge on any atom is 0.308 e. The Morgan fingerprint density at radius 3 is 2.54 bits per heavy atom. The van der Waals surface area contributed by atoms with E-state index in [1.165, 1.54) is 7.11 Å². The lowest BCUT2D eigenvalue weighted by atomic mass is 9.84. The van der Waals surface area contributed by atoms with E-state index in [1.54, 1.807) is 13.2 Å². The molecule has 3 aromatic rings. The second-order valence-corrected chi connectivity index (χ2v) is 5.57. The fraction of sp³-hybridized carbons (Fsp3) is 0.211. The number of hydrogen-bond donors (Lipinski definition) is 1. The molecule has 5 nitrogen and oxygen atoms in total. The van der Waals surface area contributed by atoms with E-state index in [9.17, 15) is 4.79 Å². The van der Waals surface area contributed by atoms with Crippen LogP contribution in [0.5, 0.6) is 5.75 Å². The third kappa shape index (κ3) is 2.74. The minimum Gasteiger partial charge on any atom is -0.496 e. The van der Waals surface area contributed by atoms with Gasteiger partial charge in [-0.25, -0.2) is 0 Å². The lowest BCUT2D eigenvalue weighted by molar-refractivity contribution is -0.141. The van der Waals surface area contributed by atoms with E-state index in [1.807, 2.05) is 48.5 Å². The third-order valence-electron chi connectivity index (χ3n) is 4.10. The van der Waals surface area contributed by atoms with Gasteiger partial charge in [-0.05, 0) is 18.2 Å². The van der Waals surface area contributed by atoms with Crippen LogP contribution in [-0.4, -0.2) is 20.2 Å². The van der Waals surface area contributed by atoms with Crippen molar-refractivity contribution in [3.8, 4) is 5.75 Å². The molecule has 0 saturated heterocycles. The average Bonchev–Trinajstić information content (AvgIpc) is 3.06. The minimum absolute atomic E-state index is 0.0658. The molecule has 0 aliphatic heterocycles. The molecule has 24 heavy (non-hydrogen) atoms. The first-order chi connectivity index (χ1) is 11.6. The van der Waals surface area contributed by atoms with Gasteiger partial charge in [0.15, 0.2) is 0 Å². The summed E-state index contributed by atoms with van der Waals surface area (Å²) in [4.78, 5) is 12.0. The number of fused-ring (bicyclic) bond motifs is 1. The molecule has 0 aliphatic rings. The van der Waals surface area contributed by atoms with E-state index < -0.39 is 11.5 Å². The molecule has 0 radical (unpaired) electrons. The Bertz CT molecular complexity index is 837. The van der Waals surface area contributed by atoms with Gasteiger partial charge in [0, 0.05) is 10.9 Å². The van der Waals surface area contributed by atoms with Crippen molar-refractivity contribution in [2.45, 2.75) is 12.0 Å². The fourth-order valence-corrected chi connectivity index (χ4v) is 2.83. The van der Waals surface area contributed by atoms with Crippen LogP contribution in [0, 0.1) is 0 Å². The summed E-state index contributed by atoms with van der Waals surface area (Å²) >= 11 is 0. The number of carbonyl (C=O) groups is 1. The molecule has 0 fully saturated rings. The van der Waals surface area contributed by atoms with Crippen LogP contribution in [0.15, 0.2) is 59.0 Å². The monoisotopic (exact) mass is 325 g/mol. The molecule has 124 valence electrons. The summed E-state index contributed by atoms with van der Waals surface area (Å²) in [5.41, 5.74) is 6.86. The lowest BCUT2D eigenvalue weighted by Crippen LogP contribution is -2.40. The molecule has 2 aromatic carbocycles. The molecule has 5 heteroatoms. The van der Waals surface area contributed by atoms with Crippen LogP contribution < -0.4 is 10.5 Å². The zero-order chi connectivity index (χ0) is 17.2. The van der Waals surface area contributed by atoms with Crippen molar-refractivity contribution in [2.75, 3.05) is 14.2 Å². The summed E-state index contributed by atoms with van der Waals surface area (Å²) in [7, 11) is 2.90. The van der Waals surface area contributed by atoms with E-state index in [-0.39, 0.29) is 6.42 Å². The summed E-state index contributed by atoms with van der Waals surface area (Å²) in [6.07, 6.45) is -0.0658. The Morgan fingerprint density at radius 1 is 1.12 bits per heavy atom. The lowest BCUT2D eigenvalue weighted by Gasteiger charge is -2.28. The van der Waals surface area contributed by atoms with Gasteiger partial charge >= 0.3 is 5.97 Å². The quantitative estimate of drug-likeness (QED) is 0.729. The van der Waals surface area contributed by atoms with Gasteiger partial charge in [0.05, 0.1) is 20.6 Å². The molecule has 0 amide bonds. The molecule has 1 unspecified atom stereocenters. The topological polar surface area (TPSA) is 74.7 Å². The number of ether oxygens (including phenoxy) is 2. The van der Waals surface area contributed by atoms with Crippen LogP contribution in [0.2, 0.25) is 0 Å². The zero-order valence-electron chi connectivity index (χ0n) is 13.6. The van der Waals surface area contributed by atoms with Crippen molar-refractivity contribution in [1.29, 1.82) is 0 Å². The number of rotatable bonds is 5. The number of esters is 1. The van der Waals surface area contributed by atoms with Gasteiger partial charge in [0.2, 0.25) is 0 Å². The third-order valence-corrected chi connectivity index (χ3v) is 4.10. The number of nitrogens with two attached hydrogens (primary N) is 1. The zero-order valence-corrected chi connectivity index (χ0v) is 13.6. The summed E-state index contributed by atoms with van der Waals surface area (Å²) in [5, 5.41) is 0.919. The van der Waals surface area contributed by atoms with Crippen molar-refractivity contribution in [2.24, 2.45) is 5.73 Å². The van der Waals surface area contributed by atoms with Crippen molar-refractivity contribution in [1.82, 2.24) is 0 Å². The highest BCUT2D eigenvalue weighted by atomic mass is 16.5. The first-order valence-corrected chi connectivity index (χ1v) is 7.56. The average molecular weight is 325 g/mol. The maximum atomic E-state index is 12.0. The molecule has 0 saturated carbocycles. The van der Waals surface area contributed by atoms with Gasteiger partial charge in [0.1, 0.15) is 22.6 Å². The first-order valence-electron chi connectivity index (χ1n) is 7.56. The van der Waals surface area contributed by atoms with Crippen LogP contribution in [0.3, 0.4) is 0 Å². The molecule has 0 spiro atoms. The van der Waals surface area contributed by atoms with E-state index >= 15 is 0 Å². The van der Waals surface area contributed by atoms with Gasteiger partial charge in [-0.1, -0.05) is 36.4 Å². The second-order valence-electron chi connectivity index (χ2n) is 5.57. The standard InChI is InChI=1S/C19H19NO4/c1-22-16-10-6-4-8-14(16)19(20,12-18(21)23-2)17-11-13-7-3-5-9-15(13)24-17/h3-11H,12,20H2,1-2H3. The van der Waals surface area contributed by atoms with E-state index in [4.69, 9.17) is 19.6 Å². The van der Waals surface area contributed by atoms with E-state index in [0.29, 0.717) is 22.7 Å². The molecular weight excluding hydrogens is 306 g/mol. The number of methoxy groups -OCH3 is 2. The Balaban J connectivity index is 2.19. The van der Waals surface area contributed by atoms with Crippen LogP contribution in [0.4, 0.5) is 0 Å². The smallest absolute Gasteiger partial charge is 0.308 e. The van der Waals surface area contributed by atoms with Gasteiger partial charge in [-0.2, -0.15) is 0 Å². The summed E-state index contributed by atoms with van der Waals surface area (Å²) in [6, 6.07) is 16.8. The van der Waals surface area contributed by atoms with Crippen LogP contribution >= 0.6 is 0 Å². The molecule has 0 bridgehead atoms. The predicted octanol–water partition coefficient (Wildman–Crippen LogP) is 3.21. The Morgan fingerprint density at radius 2 is 1.83 bits per heavy atom. The Labute approximate surface area is 140 Å². The highest BCUT2D eigenvalue weighted by Gasteiger charge is 2.38.